The lowest BCUT2D eigenvalue weighted by atomic mass is 10.0. The highest BCUT2D eigenvalue weighted by Crippen LogP contribution is 2.41. The molecule has 1 N–H and O–H groups in total. The Morgan fingerprint density at radius 3 is 2.55 bits per heavy atom. The van der Waals surface area contributed by atoms with Crippen molar-refractivity contribution in [2.75, 3.05) is 63.2 Å². The van der Waals surface area contributed by atoms with Gasteiger partial charge in [-0.15, -0.1) is 0 Å². The molecule has 1 atom stereocenters. The van der Waals surface area contributed by atoms with Crippen LogP contribution in [0.25, 0.3) is 10.8 Å². The molecule has 0 spiro atoms. The number of benzene rings is 3. The quantitative estimate of drug-likeness (QED) is 0.240. The molecule has 12 heteroatoms. The third-order valence-corrected chi connectivity index (χ3v) is 9.93. The Kier molecular flexibility index (Phi) is 9.90. The molecule has 2 fully saturated rings. The van der Waals surface area contributed by atoms with Crippen LogP contribution in [0.2, 0.25) is 0 Å². The molecular formula is C39H44N8O4. The maximum atomic E-state index is 13.3. The van der Waals surface area contributed by atoms with Gasteiger partial charge in [0, 0.05) is 68.7 Å². The molecular weight excluding hydrogens is 644 g/mol. The van der Waals surface area contributed by atoms with Crippen molar-refractivity contribution in [3.8, 4) is 12.1 Å². The molecule has 0 bridgehead atoms. The van der Waals surface area contributed by atoms with E-state index in [1.165, 1.54) is 10.8 Å². The Hall–Kier alpha value is -5.41. The number of rotatable bonds is 11. The van der Waals surface area contributed by atoms with Crippen LogP contribution in [0.1, 0.15) is 36.1 Å². The fourth-order valence-electron chi connectivity index (χ4n) is 6.97. The molecule has 3 aliphatic rings. The molecule has 264 valence electrons. The van der Waals surface area contributed by atoms with E-state index >= 15 is 0 Å². The average Bonchev–Trinajstić information content (AvgIpc) is 3.94. The van der Waals surface area contributed by atoms with Crippen LogP contribution in [0.15, 0.2) is 72.8 Å². The zero-order chi connectivity index (χ0) is 35.4. The molecule has 12 nitrogen and oxygen atoms in total. The second-order valence-corrected chi connectivity index (χ2v) is 13.8. The maximum Gasteiger partial charge on any atom is 0.410 e. The Morgan fingerprint density at radius 1 is 0.980 bits per heavy atom. The molecule has 1 saturated heterocycles. The van der Waals surface area contributed by atoms with Gasteiger partial charge in [-0.25, -0.2) is 4.79 Å². The van der Waals surface area contributed by atoms with E-state index in [4.69, 9.17) is 19.4 Å². The number of hydrogen-bond donors (Lipinski definition) is 1. The van der Waals surface area contributed by atoms with Crippen LogP contribution in [-0.2, 0) is 29.1 Å². The molecule has 2 aliphatic heterocycles. The van der Waals surface area contributed by atoms with E-state index in [9.17, 15) is 14.9 Å². The van der Waals surface area contributed by atoms with Crippen LogP contribution in [0, 0.1) is 11.3 Å². The van der Waals surface area contributed by atoms with Gasteiger partial charge in [0.25, 0.3) is 5.91 Å². The predicted molar refractivity (Wildman–Crippen MR) is 194 cm³/mol. The maximum absolute atomic E-state index is 13.3. The minimum Gasteiger partial charge on any atom is -0.447 e. The number of anilines is 2. The first-order valence-electron chi connectivity index (χ1n) is 17.7. The third-order valence-electron chi connectivity index (χ3n) is 9.93. The molecule has 0 unspecified atom stereocenters. The lowest BCUT2D eigenvalue weighted by Crippen LogP contribution is -2.56. The lowest BCUT2D eigenvalue weighted by molar-refractivity contribution is -0.130. The molecule has 1 aromatic heterocycles. The van der Waals surface area contributed by atoms with Gasteiger partial charge in [-0.05, 0) is 37.5 Å². The molecule has 4 aromatic rings. The number of carbonyl (C=O) groups excluding carboxylic acids is 2. The van der Waals surface area contributed by atoms with E-state index in [0.29, 0.717) is 52.0 Å². The van der Waals surface area contributed by atoms with E-state index in [1.807, 2.05) is 55.4 Å². The van der Waals surface area contributed by atoms with Crippen molar-refractivity contribution in [3.05, 3.63) is 89.6 Å². The minimum absolute atomic E-state index is 0.151. The van der Waals surface area contributed by atoms with Gasteiger partial charge in [-0.1, -0.05) is 66.7 Å². The van der Waals surface area contributed by atoms with Crippen molar-refractivity contribution in [1.29, 1.82) is 5.26 Å². The summed E-state index contributed by atoms with van der Waals surface area (Å²) in [7, 11) is 3.93. The number of nitrogens with one attached hydrogen (secondary N) is 1. The van der Waals surface area contributed by atoms with Crippen LogP contribution in [0.4, 0.5) is 16.3 Å². The molecule has 2 amide bonds. The van der Waals surface area contributed by atoms with Gasteiger partial charge in [-0.3, -0.25) is 4.79 Å². The van der Waals surface area contributed by atoms with Gasteiger partial charge >= 0.3 is 12.1 Å². The second-order valence-electron chi connectivity index (χ2n) is 13.8. The Labute approximate surface area is 298 Å². The fraction of sp³-hybridized carbons (Fsp3) is 0.410. The highest BCUT2D eigenvalue weighted by atomic mass is 16.6. The van der Waals surface area contributed by atoms with Crippen LogP contribution >= 0.6 is 0 Å². The van der Waals surface area contributed by atoms with Crippen molar-refractivity contribution in [3.63, 3.8) is 0 Å². The van der Waals surface area contributed by atoms with Gasteiger partial charge < -0.3 is 34.4 Å². The number of amides is 2. The van der Waals surface area contributed by atoms with E-state index < -0.39 is 17.7 Å². The van der Waals surface area contributed by atoms with E-state index in [2.05, 4.69) is 57.6 Å². The van der Waals surface area contributed by atoms with Gasteiger partial charge in [-0.2, -0.15) is 15.2 Å². The van der Waals surface area contributed by atoms with Crippen molar-refractivity contribution in [1.82, 2.24) is 25.1 Å². The zero-order valence-electron chi connectivity index (χ0n) is 29.3. The van der Waals surface area contributed by atoms with Crippen molar-refractivity contribution in [2.24, 2.45) is 0 Å². The van der Waals surface area contributed by atoms with Crippen molar-refractivity contribution < 1.29 is 19.1 Å². The number of nitriles is 1. The first kappa shape index (κ1) is 34.1. The number of carbonyl (C=O) groups is 2. The number of nitrogens with zero attached hydrogens (tertiary/aromatic N) is 7. The summed E-state index contributed by atoms with van der Waals surface area (Å²) in [6, 6.07) is 26.3. The van der Waals surface area contributed by atoms with Gasteiger partial charge in [0.1, 0.15) is 12.4 Å². The summed E-state index contributed by atoms with van der Waals surface area (Å²) >= 11 is 0. The molecule has 3 heterocycles. The van der Waals surface area contributed by atoms with Gasteiger partial charge in [0.05, 0.1) is 30.8 Å². The highest BCUT2D eigenvalue weighted by molar-refractivity contribution is 5.94. The van der Waals surface area contributed by atoms with Crippen LogP contribution in [0.3, 0.4) is 0 Å². The average molecular weight is 689 g/mol. The Morgan fingerprint density at radius 2 is 1.76 bits per heavy atom. The molecule has 51 heavy (non-hydrogen) atoms. The van der Waals surface area contributed by atoms with Gasteiger partial charge in [0.15, 0.2) is 5.60 Å². The number of piperazine rings is 1. The first-order valence-corrected chi connectivity index (χ1v) is 17.7. The summed E-state index contributed by atoms with van der Waals surface area (Å²) < 4.78 is 12.1. The predicted octanol–water partition coefficient (Wildman–Crippen LogP) is 4.52. The summed E-state index contributed by atoms with van der Waals surface area (Å²) in [5, 5.41) is 15.1. The van der Waals surface area contributed by atoms with E-state index in [1.54, 1.807) is 4.90 Å². The molecule has 7 rings (SSSR count). The third kappa shape index (κ3) is 7.54. The number of ether oxygens (including phenoxy) is 2. The van der Waals surface area contributed by atoms with Gasteiger partial charge in [0.2, 0.25) is 0 Å². The normalized spacial score (nSPS) is 17.8. The second kappa shape index (κ2) is 14.8. The van der Waals surface area contributed by atoms with E-state index in [0.717, 1.165) is 41.4 Å². The highest BCUT2D eigenvalue weighted by Gasteiger charge is 2.53. The van der Waals surface area contributed by atoms with Crippen LogP contribution < -0.4 is 19.9 Å². The summed E-state index contributed by atoms with van der Waals surface area (Å²) in [6.07, 6.45) is 1.60. The summed E-state index contributed by atoms with van der Waals surface area (Å²) in [6.45, 7) is 3.99. The van der Waals surface area contributed by atoms with Crippen molar-refractivity contribution in [2.45, 2.75) is 50.5 Å². The summed E-state index contributed by atoms with van der Waals surface area (Å²) in [5.41, 5.74) is 2.91. The van der Waals surface area contributed by atoms with E-state index in [-0.39, 0.29) is 24.9 Å². The lowest BCUT2D eigenvalue weighted by Gasteiger charge is -2.42. The Bertz CT molecular complexity index is 1920. The monoisotopic (exact) mass is 688 g/mol. The van der Waals surface area contributed by atoms with Crippen LogP contribution in [0.5, 0.6) is 6.01 Å². The molecule has 3 aromatic carbocycles. The number of aromatic nitrogens is 2. The smallest absolute Gasteiger partial charge is 0.410 e. The standard InChI is InChI=1S/C39H44N8O4/c1-44(2)22-20-41-36(48)39(17-18-39)51-37-42-33-26-45(34-14-8-12-29-11-6-7-13-31(29)34)21-16-32(33)35(43-37)46-23-24-47(30(25-46)15-19-40)38(49)50-27-28-9-4-3-5-10-28/h3-14,30H,15-18,20-27H2,1-2H3,(H,41,48)/t30-/m0/s1. The summed E-state index contributed by atoms with van der Waals surface area (Å²) in [5.74, 6) is 0.581. The molecule has 1 aliphatic carbocycles. The Balaban J connectivity index is 1.16. The van der Waals surface area contributed by atoms with Crippen LogP contribution in [-0.4, -0.2) is 96.8 Å². The minimum atomic E-state index is -0.994. The molecule has 1 saturated carbocycles. The largest absolute Gasteiger partial charge is 0.447 e. The SMILES string of the molecule is CN(C)CCNC(=O)C1(Oc2nc3c(c(N4CCN(C(=O)OCc5ccccc5)[C@@H](CC#N)C4)n2)CCN(c2cccc4ccccc24)C3)CC1. The molecule has 0 radical (unpaired) electrons. The number of hydrogen-bond acceptors (Lipinski definition) is 10. The number of likely N-dealkylation sites (N-methyl/N-ethyl adjacent to an activating group) is 1. The number of fused-ring (bicyclic) bond motifs is 2. The van der Waals surface area contributed by atoms with Crippen molar-refractivity contribution >= 4 is 34.3 Å². The topological polar surface area (TPSA) is 127 Å². The first-order chi connectivity index (χ1) is 24.8. The fourth-order valence-corrected chi connectivity index (χ4v) is 6.97. The zero-order valence-corrected chi connectivity index (χ0v) is 29.3. The summed E-state index contributed by atoms with van der Waals surface area (Å²) in [4.78, 5) is 44.7.